The molecule has 1 saturated heterocycles. The first-order chi connectivity index (χ1) is 9.49. The SMILES string of the molecule is CN1CCN(CCn2nnc(C(=O)O)c2C(F)F)CC1. The van der Waals surface area contributed by atoms with Crippen molar-refractivity contribution in [1.29, 1.82) is 0 Å². The van der Waals surface area contributed by atoms with Crippen LogP contribution >= 0.6 is 0 Å². The number of alkyl halides is 2. The van der Waals surface area contributed by atoms with Crippen LogP contribution in [0.2, 0.25) is 0 Å². The topological polar surface area (TPSA) is 74.5 Å². The first-order valence-corrected chi connectivity index (χ1v) is 6.34. The highest BCUT2D eigenvalue weighted by molar-refractivity contribution is 5.86. The molecule has 0 radical (unpaired) electrons. The number of carboxylic acids is 1. The molecule has 1 N–H and O–H groups in total. The van der Waals surface area contributed by atoms with E-state index in [2.05, 4.69) is 20.1 Å². The Bertz CT molecular complexity index is 471. The van der Waals surface area contributed by atoms with E-state index in [4.69, 9.17) is 5.11 Å². The van der Waals surface area contributed by atoms with Gasteiger partial charge >= 0.3 is 5.97 Å². The van der Waals surface area contributed by atoms with Gasteiger partial charge in [-0.15, -0.1) is 5.10 Å². The van der Waals surface area contributed by atoms with Gasteiger partial charge in [-0.05, 0) is 7.05 Å². The number of hydrogen-bond acceptors (Lipinski definition) is 5. The Morgan fingerprint density at radius 3 is 2.50 bits per heavy atom. The van der Waals surface area contributed by atoms with Crippen molar-refractivity contribution in [1.82, 2.24) is 24.8 Å². The van der Waals surface area contributed by atoms with Crippen molar-refractivity contribution in [2.45, 2.75) is 13.0 Å². The van der Waals surface area contributed by atoms with Gasteiger partial charge in [-0.3, -0.25) is 4.90 Å². The monoisotopic (exact) mass is 289 g/mol. The predicted molar refractivity (Wildman–Crippen MR) is 65.9 cm³/mol. The Kier molecular flexibility index (Phi) is 4.61. The van der Waals surface area contributed by atoms with Crippen LogP contribution in [0, 0.1) is 0 Å². The highest BCUT2D eigenvalue weighted by Crippen LogP contribution is 2.21. The van der Waals surface area contributed by atoms with Crippen molar-refractivity contribution in [2.75, 3.05) is 39.8 Å². The van der Waals surface area contributed by atoms with E-state index in [1.165, 1.54) is 0 Å². The molecule has 1 aliphatic heterocycles. The predicted octanol–water partition coefficient (Wildman–Crippen LogP) is 0.161. The van der Waals surface area contributed by atoms with E-state index < -0.39 is 23.8 Å². The van der Waals surface area contributed by atoms with E-state index in [1.54, 1.807) is 0 Å². The normalized spacial score (nSPS) is 17.8. The zero-order chi connectivity index (χ0) is 14.7. The summed E-state index contributed by atoms with van der Waals surface area (Å²) < 4.78 is 26.8. The molecule has 0 aliphatic carbocycles. The fourth-order valence-corrected chi connectivity index (χ4v) is 2.16. The van der Waals surface area contributed by atoms with Crippen molar-refractivity contribution in [3.63, 3.8) is 0 Å². The van der Waals surface area contributed by atoms with Crippen LogP contribution in [-0.2, 0) is 6.54 Å². The van der Waals surface area contributed by atoms with Crippen molar-refractivity contribution >= 4 is 5.97 Å². The van der Waals surface area contributed by atoms with Gasteiger partial charge in [-0.2, -0.15) is 0 Å². The van der Waals surface area contributed by atoms with Crippen molar-refractivity contribution < 1.29 is 18.7 Å². The van der Waals surface area contributed by atoms with Crippen LogP contribution in [0.4, 0.5) is 8.78 Å². The van der Waals surface area contributed by atoms with E-state index in [9.17, 15) is 13.6 Å². The second kappa shape index (κ2) is 6.23. The van der Waals surface area contributed by atoms with Gasteiger partial charge < -0.3 is 10.0 Å². The molecule has 1 aromatic rings. The minimum atomic E-state index is -2.90. The quantitative estimate of drug-likeness (QED) is 0.832. The molecule has 0 spiro atoms. The lowest BCUT2D eigenvalue weighted by molar-refractivity contribution is 0.0675. The standard InChI is InChI=1S/C11H17F2N5O2/c1-16-2-4-17(5-3-16)6-7-18-9(10(12)13)8(11(19)20)14-15-18/h10H,2-7H2,1H3,(H,19,20). The molecule has 0 saturated carbocycles. The number of aromatic carboxylic acids is 1. The van der Waals surface area contributed by atoms with E-state index in [1.807, 2.05) is 7.05 Å². The Morgan fingerprint density at radius 2 is 1.95 bits per heavy atom. The van der Waals surface area contributed by atoms with Gasteiger partial charge in [-0.1, -0.05) is 5.21 Å². The van der Waals surface area contributed by atoms with Crippen LogP contribution in [0.1, 0.15) is 22.6 Å². The Hall–Kier alpha value is -1.61. The van der Waals surface area contributed by atoms with Crippen LogP contribution in [0.15, 0.2) is 0 Å². The maximum absolute atomic E-state index is 12.9. The third kappa shape index (κ3) is 3.28. The van der Waals surface area contributed by atoms with E-state index in [0.29, 0.717) is 6.54 Å². The number of rotatable bonds is 5. The summed E-state index contributed by atoms with van der Waals surface area (Å²) in [4.78, 5) is 15.1. The summed E-state index contributed by atoms with van der Waals surface area (Å²) >= 11 is 0. The van der Waals surface area contributed by atoms with Crippen LogP contribution in [0.25, 0.3) is 0 Å². The molecule has 0 unspecified atom stereocenters. The molecule has 0 amide bonds. The van der Waals surface area contributed by atoms with Gasteiger partial charge in [0.15, 0.2) is 5.69 Å². The minimum absolute atomic E-state index is 0.212. The van der Waals surface area contributed by atoms with Gasteiger partial charge in [0.1, 0.15) is 5.69 Å². The van der Waals surface area contributed by atoms with E-state index >= 15 is 0 Å². The van der Waals surface area contributed by atoms with Gasteiger partial charge in [0, 0.05) is 32.7 Å². The van der Waals surface area contributed by atoms with Crippen LogP contribution < -0.4 is 0 Å². The number of carboxylic acid groups (broad SMARTS) is 1. The summed E-state index contributed by atoms with van der Waals surface area (Å²) in [5.41, 5.74) is -1.29. The number of carbonyl (C=O) groups is 1. The molecule has 112 valence electrons. The molecule has 0 atom stereocenters. The summed E-state index contributed by atoms with van der Waals surface area (Å²) in [5.74, 6) is -1.48. The number of nitrogens with zero attached hydrogens (tertiary/aromatic N) is 5. The molecule has 0 bridgehead atoms. The van der Waals surface area contributed by atoms with Gasteiger partial charge in [0.2, 0.25) is 0 Å². The van der Waals surface area contributed by atoms with Gasteiger partial charge in [0.25, 0.3) is 6.43 Å². The zero-order valence-electron chi connectivity index (χ0n) is 11.2. The summed E-state index contributed by atoms with van der Waals surface area (Å²) in [7, 11) is 2.03. The third-order valence-electron chi connectivity index (χ3n) is 3.41. The van der Waals surface area contributed by atoms with Crippen molar-refractivity contribution in [3.05, 3.63) is 11.4 Å². The fourth-order valence-electron chi connectivity index (χ4n) is 2.16. The van der Waals surface area contributed by atoms with Gasteiger partial charge in [0.05, 0.1) is 6.54 Å². The lowest BCUT2D eigenvalue weighted by Crippen LogP contribution is -2.45. The lowest BCUT2D eigenvalue weighted by atomic mass is 10.3. The fraction of sp³-hybridized carbons (Fsp3) is 0.727. The second-order valence-corrected chi connectivity index (χ2v) is 4.80. The minimum Gasteiger partial charge on any atom is -0.476 e. The molecule has 7 nitrogen and oxygen atoms in total. The first-order valence-electron chi connectivity index (χ1n) is 6.34. The van der Waals surface area contributed by atoms with Crippen LogP contribution in [0.5, 0.6) is 0 Å². The molecule has 1 aliphatic rings. The summed E-state index contributed by atoms with van der Waals surface area (Å²) in [6, 6.07) is 0. The summed E-state index contributed by atoms with van der Waals surface area (Å²) in [6.07, 6.45) is -2.90. The number of likely N-dealkylation sites (N-methyl/N-ethyl adjacent to an activating group) is 1. The van der Waals surface area contributed by atoms with Crippen LogP contribution in [-0.4, -0.2) is 75.6 Å². The number of halogens is 2. The summed E-state index contributed by atoms with van der Waals surface area (Å²) in [5, 5.41) is 15.7. The highest BCUT2D eigenvalue weighted by atomic mass is 19.3. The average Bonchev–Trinajstić information content (AvgIpc) is 2.82. The number of hydrogen-bond donors (Lipinski definition) is 1. The number of aromatic nitrogens is 3. The van der Waals surface area contributed by atoms with Crippen molar-refractivity contribution in [2.24, 2.45) is 0 Å². The maximum Gasteiger partial charge on any atom is 0.358 e. The molecule has 2 rings (SSSR count). The second-order valence-electron chi connectivity index (χ2n) is 4.80. The van der Waals surface area contributed by atoms with E-state index in [-0.39, 0.29) is 6.54 Å². The van der Waals surface area contributed by atoms with Gasteiger partial charge in [-0.25, -0.2) is 18.3 Å². The highest BCUT2D eigenvalue weighted by Gasteiger charge is 2.26. The van der Waals surface area contributed by atoms with Crippen LogP contribution in [0.3, 0.4) is 0 Å². The zero-order valence-corrected chi connectivity index (χ0v) is 11.2. The largest absolute Gasteiger partial charge is 0.476 e. The van der Waals surface area contributed by atoms with E-state index in [0.717, 1.165) is 30.9 Å². The molecular weight excluding hydrogens is 272 g/mol. The Labute approximate surface area is 114 Å². The molecule has 0 aromatic carbocycles. The Balaban J connectivity index is 2.01. The first kappa shape index (κ1) is 14.8. The lowest BCUT2D eigenvalue weighted by Gasteiger charge is -2.32. The molecule has 2 heterocycles. The molecule has 1 fully saturated rings. The average molecular weight is 289 g/mol. The maximum atomic E-state index is 12.9. The third-order valence-corrected chi connectivity index (χ3v) is 3.41. The Morgan fingerprint density at radius 1 is 1.30 bits per heavy atom. The molecular formula is C11H17F2N5O2. The van der Waals surface area contributed by atoms with Crippen molar-refractivity contribution in [3.8, 4) is 0 Å². The summed E-state index contributed by atoms with van der Waals surface area (Å²) in [6.45, 7) is 4.35. The smallest absolute Gasteiger partial charge is 0.358 e. The molecule has 1 aromatic heterocycles. The molecule has 9 heteroatoms. The number of piperazine rings is 1. The molecule has 20 heavy (non-hydrogen) atoms.